The molecule has 2 aromatic carbocycles. The number of hydrogen-bond acceptors (Lipinski definition) is 6. The third-order valence-electron chi connectivity index (χ3n) is 5.68. The summed E-state index contributed by atoms with van der Waals surface area (Å²) in [6, 6.07) is 15.4. The Morgan fingerprint density at radius 3 is 2.47 bits per heavy atom. The highest BCUT2D eigenvalue weighted by molar-refractivity contribution is 8.00. The molecule has 4 rings (SSSR count). The molecule has 0 aliphatic heterocycles. The highest BCUT2D eigenvalue weighted by Crippen LogP contribution is 2.28. The van der Waals surface area contributed by atoms with Crippen LogP contribution in [0.4, 0.5) is 10.8 Å². The third kappa shape index (κ3) is 6.84. The van der Waals surface area contributed by atoms with Crippen molar-refractivity contribution in [2.45, 2.75) is 43.9 Å². The zero-order valence-corrected chi connectivity index (χ0v) is 20.8. The molecule has 1 aliphatic rings. The highest BCUT2D eigenvalue weighted by Gasteiger charge is 2.21. The molecule has 2 amide bonds. The topological polar surface area (TPSA) is 80.3 Å². The number of thioether (sulfide) groups is 1. The minimum absolute atomic E-state index is 0.104. The van der Waals surface area contributed by atoms with Crippen LogP contribution in [0.1, 0.15) is 39.0 Å². The second kappa shape index (κ2) is 12.0. The van der Waals surface area contributed by atoms with Crippen molar-refractivity contribution in [3.8, 4) is 17.0 Å². The molecule has 0 atom stereocenters. The summed E-state index contributed by atoms with van der Waals surface area (Å²) in [6.45, 7) is 2.58. The summed E-state index contributed by atoms with van der Waals surface area (Å²) in [5, 5.41) is 8.40. The number of rotatable bonds is 9. The van der Waals surface area contributed by atoms with Gasteiger partial charge in [0.1, 0.15) is 5.75 Å². The number of thiazole rings is 1. The van der Waals surface area contributed by atoms with Crippen molar-refractivity contribution in [3.05, 3.63) is 53.9 Å². The predicted octanol–water partition coefficient (Wildman–Crippen LogP) is 6.46. The molecule has 1 fully saturated rings. The van der Waals surface area contributed by atoms with E-state index in [2.05, 4.69) is 15.6 Å². The van der Waals surface area contributed by atoms with Gasteiger partial charge in [0.25, 0.3) is 0 Å². The van der Waals surface area contributed by atoms with Crippen molar-refractivity contribution in [3.63, 3.8) is 0 Å². The van der Waals surface area contributed by atoms with Crippen LogP contribution in [0.15, 0.2) is 58.8 Å². The lowest BCUT2D eigenvalue weighted by Gasteiger charge is -2.20. The van der Waals surface area contributed by atoms with Crippen molar-refractivity contribution in [1.29, 1.82) is 0 Å². The van der Waals surface area contributed by atoms with Crippen LogP contribution >= 0.6 is 23.1 Å². The van der Waals surface area contributed by atoms with E-state index in [1.807, 2.05) is 60.8 Å². The molecule has 0 bridgehead atoms. The summed E-state index contributed by atoms with van der Waals surface area (Å²) >= 11 is 2.86. The Hall–Kier alpha value is -2.84. The van der Waals surface area contributed by atoms with Gasteiger partial charge in [-0.1, -0.05) is 19.3 Å². The molecule has 178 valence electrons. The molecule has 1 aliphatic carbocycles. The van der Waals surface area contributed by atoms with Crippen LogP contribution in [0.3, 0.4) is 0 Å². The van der Waals surface area contributed by atoms with Gasteiger partial charge in [0.15, 0.2) is 5.13 Å². The fraction of sp³-hybridized carbons (Fsp3) is 0.346. The number of nitrogens with zero attached hydrogens (tertiary/aromatic N) is 1. The Kier molecular flexibility index (Phi) is 8.60. The first kappa shape index (κ1) is 24.3. The summed E-state index contributed by atoms with van der Waals surface area (Å²) in [4.78, 5) is 30.3. The van der Waals surface area contributed by atoms with Gasteiger partial charge in [0.2, 0.25) is 11.8 Å². The maximum absolute atomic E-state index is 12.4. The number of aromatic nitrogens is 1. The molecule has 1 aromatic heterocycles. The average molecular weight is 496 g/mol. The zero-order chi connectivity index (χ0) is 23.8. The summed E-state index contributed by atoms with van der Waals surface area (Å²) in [5.41, 5.74) is 2.60. The second-order valence-electron chi connectivity index (χ2n) is 8.18. The van der Waals surface area contributed by atoms with E-state index >= 15 is 0 Å². The molecule has 1 saturated carbocycles. The van der Waals surface area contributed by atoms with E-state index in [-0.39, 0.29) is 23.5 Å². The van der Waals surface area contributed by atoms with Crippen LogP contribution in [-0.2, 0) is 9.59 Å². The summed E-state index contributed by atoms with van der Waals surface area (Å²) < 4.78 is 5.47. The number of ether oxygens (including phenoxy) is 1. The minimum atomic E-state index is -0.104. The van der Waals surface area contributed by atoms with E-state index in [1.54, 1.807) is 0 Å². The molecule has 8 heteroatoms. The number of anilines is 2. The zero-order valence-electron chi connectivity index (χ0n) is 19.2. The number of nitrogens with one attached hydrogen (secondary N) is 2. The molecule has 0 unspecified atom stereocenters. The van der Waals surface area contributed by atoms with Crippen LogP contribution in [0.25, 0.3) is 11.3 Å². The Labute approximate surface area is 208 Å². The first-order chi connectivity index (χ1) is 16.6. The summed E-state index contributed by atoms with van der Waals surface area (Å²) in [6.07, 6.45) is 5.47. The summed E-state index contributed by atoms with van der Waals surface area (Å²) in [5.74, 6) is 1.25. The maximum atomic E-state index is 12.4. The van der Waals surface area contributed by atoms with Crippen LogP contribution in [0.5, 0.6) is 5.75 Å². The Morgan fingerprint density at radius 2 is 1.76 bits per heavy atom. The third-order valence-corrected chi connectivity index (χ3v) is 7.45. The van der Waals surface area contributed by atoms with Crippen molar-refractivity contribution in [2.75, 3.05) is 23.0 Å². The molecule has 0 spiro atoms. The van der Waals surface area contributed by atoms with Gasteiger partial charge in [-0.15, -0.1) is 23.1 Å². The summed E-state index contributed by atoms with van der Waals surface area (Å²) in [7, 11) is 0. The van der Waals surface area contributed by atoms with E-state index in [1.165, 1.54) is 29.5 Å². The van der Waals surface area contributed by atoms with Crippen LogP contribution in [0, 0.1) is 5.92 Å². The van der Waals surface area contributed by atoms with Gasteiger partial charge in [-0.25, -0.2) is 4.98 Å². The van der Waals surface area contributed by atoms with Gasteiger partial charge in [-0.05, 0) is 68.3 Å². The molecular formula is C26H29N3O3S2. The molecule has 0 saturated heterocycles. The van der Waals surface area contributed by atoms with Gasteiger partial charge in [-0.2, -0.15) is 0 Å². The molecule has 34 heavy (non-hydrogen) atoms. The van der Waals surface area contributed by atoms with Gasteiger partial charge < -0.3 is 15.4 Å². The molecule has 0 radical (unpaired) electrons. The van der Waals surface area contributed by atoms with Gasteiger partial charge in [-0.3, -0.25) is 9.59 Å². The molecule has 1 heterocycles. The monoisotopic (exact) mass is 495 g/mol. The first-order valence-corrected chi connectivity index (χ1v) is 13.5. The largest absolute Gasteiger partial charge is 0.494 e. The maximum Gasteiger partial charge on any atom is 0.236 e. The van der Waals surface area contributed by atoms with E-state index in [9.17, 15) is 9.59 Å². The normalized spacial score (nSPS) is 13.9. The first-order valence-electron chi connectivity index (χ1n) is 11.6. The smallest absolute Gasteiger partial charge is 0.236 e. The van der Waals surface area contributed by atoms with Gasteiger partial charge in [0, 0.05) is 27.4 Å². The number of benzene rings is 2. The lowest BCUT2D eigenvalue weighted by molar-refractivity contribution is -0.120. The Bertz CT molecular complexity index is 1090. The van der Waals surface area contributed by atoms with Gasteiger partial charge >= 0.3 is 0 Å². The number of amides is 2. The molecule has 3 aromatic rings. The van der Waals surface area contributed by atoms with E-state index < -0.39 is 0 Å². The highest BCUT2D eigenvalue weighted by atomic mass is 32.2. The van der Waals surface area contributed by atoms with E-state index in [0.717, 1.165) is 53.3 Å². The molecular weight excluding hydrogens is 466 g/mol. The van der Waals surface area contributed by atoms with Crippen LogP contribution < -0.4 is 15.4 Å². The minimum Gasteiger partial charge on any atom is -0.494 e. The fourth-order valence-corrected chi connectivity index (χ4v) is 5.33. The lowest BCUT2D eigenvalue weighted by Crippen LogP contribution is -2.24. The fourth-order valence-electron chi connectivity index (χ4n) is 3.90. The van der Waals surface area contributed by atoms with E-state index in [4.69, 9.17) is 4.74 Å². The van der Waals surface area contributed by atoms with Crippen LogP contribution in [0.2, 0.25) is 0 Å². The van der Waals surface area contributed by atoms with Crippen molar-refractivity contribution >= 4 is 45.7 Å². The quantitative estimate of drug-likeness (QED) is 0.333. The SMILES string of the molecule is CCOc1ccc(-c2csc(NC(=O)CSc3ccc(NC(=O)C4CCCCC4)cc3)n2)cc1. The molecule has 2 N–H and O–H groups in total. The number of hydrogen-bond donors (Lipinski definition) is 2. The van der Waals surface area contributed by atoms with Crippen molar-refractivity contribution < 1.29 is 14.3 Å². The van der Waals surface area contributed by atoms with E-state index in [0.29, 0.717) is 11.7 Å². The van der Waals surface area contributed by atoms with Crippen molar-refractivity contribution in [1.82, 2.24) is 4.98 Å². The number of carbonyl (C=O) groups excluding carboxylic acids is 2. The van der Waals surface area contributed by atoms with Crippen molar-refractivity contribution in [2.24, 2.45) is 5.92 Å². The van der Waals surface area contributed by atoms with Gasteiger partial charge in [0.05, 0.1) is 18.1 Å². The Morgan fingerprint density at radius 1 is 1.03 bits per heavy atom. The standard InChI is InChI=1S/C26H29N3O3S2/c1-2-32-21-12-8-18(9-13-21)23-16-34-26(28-23)29-24(30)17-33-22-14-10-20(11-15-22)27-25(31)19-6-4-3-5-7-19/h8-16,19H,2-7,17H2,1H3,(H,27,31)(H,28,29,30). The second-order valence-corrected chi connectivity index (χ2v) is 10.1. The predicted molar refractivity (Wildman–Crippen MR) is 140 cm³/mol. The lowest BCUT2D eigenvalue weighted by atomic mass is 9.88. The number of carbonyl (C=O) groups is 2. The van der Waals surface area contributed by atoms with Crippen LogP contribution in [-0.4, -0.2) is 29.2 Å². The molecule has 6 nitrogen and oxygen atoms in total. The Balaban J connectivity index is 1.23. The average Bonchev–Trinajstić information content (AvgIpc) is 3.33.